The number of hydrogen-bond acceptors (Lipinski definition) is 0. The van der Waals surface area contributed by atoms with E-state index in [1.807, 2.05) is 0 Å². The summed E-state index contributed by atoms with van der Waals surface area (Å²) in [6.45, 7) is 13.6. The molecule has 5 aromatic rings. The second kappa shape index (κ2) is 6.37. The van der Waals surface area contributed by atoms with Gasteiger partial charge in [-0.05, 0) is 78.1 Å². The molecule has 2 nitrogen and oxygen atoms in total. The maximum atomic E-state index is 3.96. The van der Waals surface area contributed by atoms with E-state index in [0.29, 0.717) is 0 Å². The maximum absolute atomic E-state index is 3.96. The molecule has 0 fully saturated rings. The van der Waals surface area contributed by atoms with Crippen LogP contribution >= 0.6 is 31.9 Å². The van der Waals surface area contributed by atoms with Gasteiger partial charge in [0.05, 0.1) is 20.0 Å². The maximum Gasteiger partial charge on any atom is 0.0628 e. The van der Waals surface area contributed by atoms with E-state index >= 15 is 0 Å². The third kappa shape index (κ3) is 2.87. The van der Waals surface area contributed by atoms with Crippen molar-refractivity contribution in [2.75, 3.05) is 0 Å². The molecule has 2 N–H and O–H groups in total. The normalized spacial score (nSPS) is 13.3. The Hall–Kier alpha value is -1.78. The van der Waals surface area contributed by atoms with Gasteiger partial charge in [0.2, 0.25) is 0 Å². The lowest BCUT2D eigenvalue weighted by molar-refractivity contribution is 0.591. The largest absolute Gasteiger partial charge is 0.354 e. The Morgan fingerprint density at radius 1 is 0.600 bits per heavy atom. The zero-order valence-corrected chi connectivity index (χ0v) is 21.4. The van der Waals surface area contributed by atoms with Crippen LogP contribution < -0.4 is 0 Å². The molecule has 0 unspecified atom stereocenters. The summed E-state index contributed by atoms with van der Waals surface area (Å²) >= 11 is 7.91. The Balaban J connectivity index is 1.93. The molecule has 4 heteroatoms. The molecule has 2 heterocycles. The number of fused-ring (bicyclic) bond motifs is 6. The highest BCUT2D eigenvalue weighted by molar-refractivity contribution is 9.11. The summed E-state index contributed by atoms with van der Waals surface area (Å²) in [5.41, 5.74) is 7.48. The molecule has 0 spiro atoms. The van der Waals surface area contributed by atoms with Crippen LogP contribution in [-0.4, -0.2) is 9.97 Å². The van der Waals surface area contributed by atoms with E-state index in [9.17, 15) is 0 Å². The highest BCUT2D eigenvalue weighted by Gasteiger charge is 2.22. The van der Waals surface area contributed by atoms with Crippen LogP contribution in [0.2, 0.25) is 0 Å². The number of halogens is 2. The number of aromatic nitrogens is 2. The third-order valence-electron chi connectivity index (χ3n) is 6.21. The smallest absolute Gasteiger partial charge is 0.0628 e. The van der Waals surface area contributed by atoms with E-state index in [0.717, 1.165) is 31.0 Å². The molecule has 0 saturated carbocycles. The molecule has 0 amide bonds. The first-order valence-electron chi connectivity index (χ1n) is 10.4. The van der Waals surface area contributed by atoms with E-state index < -0.39 is 0 Å². The van der Waals surface area contributed by atoms with Gasteiger partial charge in [-0.1, -0.05) is 53.7 Å². The molecule has 0 radical (unpaired) electrons. The molecule has 0 bridgehead atoms. The highest BCUT2D eigenvalue weighted by Crippen LogP contribution is 2.46. The van der Waals surface area contributed by atoms with E-state index in [-0.39, 0.29) is 10.8 Å². The van der Waals surface area contributed by atoms with E-state index in [4.69, 9.17) is 0 Å². The van der Waals surface area contributed by atoms with Crippen molar-refractivity contribution in [3.63, 3.8) is 0 Å². The summed E-state index contributed by atoms with van der Waals surface area (Å²) < 4.78 is 2.23. The van der Waals surface area contributed by atoms with Crippen LogP contribution in [0.25, 0.3) is 43.6 Å². The van der Waals surface area contributed by atoms with E-state index in [1.165, 1.54) is 32.7 Å². The van der Waals surface area contributed by atoms with Gasteiger partial charge in [0.25, 0.3) is 0 Å². The monoisotopic (exact) mass is 524 g/mol. The van der Waals surface area contributed by atoms with Crippen LogP contribution in [0.4, 0.5) is 0 Å². The Labute approximate surface area is 193 Å². The molecule has 3 aromatic carbocycles. The number of hydrogen-bond donors (Lipinski definition) is 2. The summed E-state index contributed by atoms with van der Waals surface area (Å²) in [5, 5.41) is 4.94. The molecular weight excluding hydrogens is 500 g/mol. The van der Waals surface area contributed by atoms with Gasteiger partial charge in [-0.3, -0.25) is 0 Å². The van der Waals surface area contributed by atoms with Crippen molar-refractivity contribution in [2.24, 2.45) is 0 Å². The minimum Gasteiger partial charge on any atom is -0.354 e. The average molecular weight is 526 g/mol. The topological polar surface area (TPSA) is 31.6 Å². The van der Waals surface area contributed by atoms with Crippen LogP contribution in [0.15, 0.2) is 45.3 Å². The Morgan fingerprint density at radius 2 is 0.967 bits per heavy atom. The fraction of sp³-hybridized carbons (Fsp3) is 0.308. The third-order valence-corrected chi connectivity index (χ3v) is 7.79. The predicted octanol–water partition coefficient (Wildman–Crippen LogP) is 9.08. The van der Waals surface area contributed by atoms with Crippen molar-refractivity contribution in [2.45, 2.75) is 52.4 Å². The van der Waals surface area contributed by atoms with Crippen LogP contribution in [0, 0.1) is 0 Å². The lowest BCUT2D eigenvalue weighted by Crippen LogP contribution is -2.10. The fourth-order valence-electron chi connectivity index (χ4n) is 4.35. The number of nitrogens with one attached hydrogen (secondary N) is 2. The summed E-state index contributed by atoms with van der Waals surface area (Å²) in [7, 11) is 0. The SMILES string of the molecule is CC(C)(C)c1ccc2[nH]c3c(Br)c4c([nH]c5ccc(C(C)(C)C)cc54)c(Br)c3c2c1. The molecule has 30 heavy (non-hydrogen) atoms. The first-order chi connectivity index (χ1) is 14.0. The van der Waals surface area contributed by atoms with E-state index in [1.54, 1.807) is 0 Å². The van der Waals surface area contributed by atoms with Gasteiger partial charge in [-0.2, -0.15) is 0 Å². The van der Waals surface area contributed by atoms with Crippen LogP contribution in [0.1, 0.15) is 52.7 Å². The Kier molecular flexibility index (Phi) is 4.27. The number of H-pyrrole nitrogens is 2. The Bertz CT molecular complexity index is 1360. The molecular formula is C26H26Br2N2. The van der Waals surface area contributed by atoms with Gasteiger partial charge in [0.15, 0.2) is 0 Å². The van der Waals surface area contributed by atoms with Gasteiger partial charge < -0.3 is 9.97 Å². The molecule has 2 aromatic heterocycles. The van der Waals surface area contributed by atoms with E-state index in [2.05, 4.69) is 120 Å². The molecule has 0 aliphatic rings. The molecule has 0 atom stereocenters. The lowest BCUT2D eigenvalue weighted by Gasteiger charge is -2.19. The van der Waals surface area contributed by atoms with Gasteiger partial charge in [-0.15, -0.1) is 0 Å². The second-order valence-corrected chi connectivity index (χ2v) is 12.0. The number of rotatable bonds is 0. The lowest BCUT2D eigenvalue weighted by atomic mass is 9.86. The standard InChI is InChI=1S/C26H26Br2N2/c1-25(2,3)13-7-9-17-15(11-13)19-21(27)24-20(22(28)23(19)29-17)16-12-14(26(4,5)6)8-10-18(16)30-24/h7-12,29-30H,1-6H3. The van der Waals surface area contributed by atoms with Gasteiger partial charge >= 0.3 is 0 Å². The zero-order valence-electron chi connectivity index (χ0n) is 18.2. The van der Waals surface area contributed by atoms with Crippen LogP contribution in [0.5, 0.6) is 0 Å². The molecule has 0 aliphatic heterocycles. The zero-order chi connectivity index (χ0) is 21.6. The van der Waals surface area contributed by atoms with Crippen molar-refractivity contribution in [3.05, 3.63) is 56.5 Å². The average Bonchev–Trinajstić information content (AvgIpc) is 3.23. The molecule has 0 aliphatic carbocycles. The summed E-state index contributed by atoms with van der Waals surface area (Å²) in [6, 6.07) is 13.5. The second-order valence-electron chi connectivity index (χ2n) is 10.4. The first-order valence-corrected chi connectivity index (χ1v) is 11.9. The van der Waals surface area contributed by atoms with Crippen molar-refractivity contribution < 1.29 is 0 Å². The first kappa shape index (κ1) is 20.1. The number of aromatic amines is 2. The minimum atomic E-state index is 0.107. The molecule has 5 rings (SSSR count). The van der Waals surface area contributed by atoms with Gasteiger partial charge in [-0.25, -0.2) is 0 Å². The predicted molar refractivity (Wildman–Crippen MR) is 138 cm³/mol. The highest BCUT2D eigenvalue weighted by atomic mass is 79.9. The quantitative estimate of drug-likeness (QED) is 0.202. The van der Waals surface area contributed by atoms with Crippen molar-refractivity contribution in [3.8, 4) is 0 Å². The van der Waals surface area contributed by atoms with Crippen LogP contribution in [0.3, 0.4) is 0 Å². The Morgan fingerprint density at radius 3 is 1.30 bits per heavy atom. The van der Waals surface area contributed by atoms with Crippen molar-refractivity contribution in [1.29, 1.82) is 0 Å². The van der Waals surface area contributed by atoms with Crippen LogP contribution in [-0.2, 0) is 10.8 Å². The summed E-state index contributed by atoms with van der Waals surface area (Å²) in [4.78, 5) is 7.33. The van der Waals surface area contributed by atoms with Crippen molar-refractivity contribution >= 4 is 75.5 Å². The minimum absolute atomic E-state index is 0.107. The molecule has 0 saturated heterocycles. The summed E-state index contributed by atoms with van der Waals surface area (Å²) in [5.74, 6) is 0. The van der Waals surface area contributed by atoms with Crippen molar-refractivity contribution in [1.82, 2.24) is 9.97 Å². The summed E-state index contributed by atoms with van der Waals surface area (Å²) in [6.07, 6.45) is 0. The van der Waals surface area contributed by atoms with Gasteiger partial charge in [0.1, 0.15) is 0 Å². The fourth-order valence-corrected chi connectivity index (χ4v) is 5.77. The number of benzene rings is 3. The molecule has 154 valence electrons. The van der Waals surface area contributed by atoms with Gasteiger partial charge in [0, 0.05) is 32.6 Å².